The fourth-order valence-corrected chi connectivity index (χ4v) is 3.58. The van der Waals surface area contributed by atoms with Crippen molar-refractivity contribution >= 4 is 22.7 Å². The third kappa shape index (κ3) is 3.53. The first kappa shape index (κ1) is 18.3. The van der Waals surface area contributed by atoms with Crippen LogP contribution in [0.1, 0.15) is 37.5 Å². The number of hydrogen-bond donors (Lipinski definition) is 0. The number of pyridine rings is 1. The monoisotopic (exact) mass is 374 g/mol. The van der Waals surface area contributed by atoms with Crippen molar-refractivity contribution in [1.82, 2.24) is 9.88 Å². The second kappa shape index (κ2) is 7.52. The quantitative estimate of drug-likeness (QED) is 0.516. The molecule has 1 aliphatic heterocycles. The minimum absolute atomic E-state index is 0.210. The molecule has 0 saturated carbocycles. The van der Waals surface area contributed by atoms with Gasteiger partial charge in [0.1, 0.15) is 0 Å². The topological polar surface area (TPSA) is 59.5 Å². The van der Waals surface area contributed by atoms with Gasteiger partial charge >= 0.3 is 5.97 Å². The molecule has 0 fully saturated rings. The average Bonchev–Trinajstić information content (AvgIpc) is 2.70. The molecule has 142 valence electrons. The third-order valence-corrected chi connectivity index (χ3v) is 5.15. The molecular weight excluding hydrogens is 352 g/mol. The molecule has 5 nitrogen and oxygen atoms in total. The Balaban J connectivity index is 1.64. The van der Waals surface area contributed by atoms with Crippen LogP contribution in [0.3, 0.4) is 0 Å². The average molecular weight is 374 g/mol. The molecule has 0 unspecified atom stereocenters. The smallest absolute Gasteiger partial charge is 0.339 e. The van der Waals surface area contributed by atoms with E-state index in [-0.39, 0.29) is 12.4 Å². The number of para-hydroxylation sites is 1. The Hall–Kier alpha value is -3.05. The number of Topliss-reactive ketones (excluding diaryl/α,β-unsaturated/α-hetero) is 1. The first-order valence-electron chi connectivity index (χ1n) is 9.39. The SMILES string of the molecule is Cc1ccc(C(=O)COC(=O)c2c3c(nc4ccccc24)CCN(C)C3)cc1. The van der Waals surface area contributed by atoms with E-state index in [9.17, 15) is 9.59 Å². The van der Waals surface area contributed by atoms with Crippen LogP contribution in [0.5, 0.6) is 0 Å². The standard InChI is InChI=1S/C23H22N2O3/c1-15-7-9-16(10-8-15)21(26)14-28-23(27)22-17-5-3-4-6-19(17)24-20-11-12-25(2)13-18(20)22/h3-10H,11-14H2,1-2H3. The van der Waals surface area contributed by atoms with E-state index in [0.29, 0.717) is 17.7 Å². The van der Waals surface area contributed by atoms with Crippen LogP contribution in [0, 0.1) is 6.92 Å². The van der Waals surface area contributed by atoms with Gasteiger partial charge in [-0.15, -0.1) is 0 Å². The number of likely N-dealkylation sites (N-methyl/N-ethyl adjacent to an activating group) is 1. The van der Waals surface area contributed by atoms with E-state index >= 15 is 0 Å². The zero-order chi connectivity index (χ0) is 19.7. The number of fused-ring (bicyclic) bond motifs is 2. The number of esters is 1. The van der Waals surface area contributed by atoms with Crippen molar-refractivity contribution in [2.24, 2.45) is 0 Å². The van der Waals surface area contributed by atoms with Gasteiger partial charge in [0.05, 0.1) is 11.1 Å². The second-order valence-corrected chi connectivity index (χ2v) is 7.28. The van der Waals surface area contributed by atoms with Crippen molar-refractivity contribution in [3.63, 3.8) is 0 Å². The molecule has 28 heavy (non-hydrogen) atoms. The van der Waals surface area contributed by atoms with E-state index in [1.54, 1.807) is 12.1 Å². The lowest BCUT2D eigenvalue weighted by Gasteiger charge is -2.26. The van der Waals surface area contributed by atoms with Crippen LogP contribution in [-0.2, 0) is 17.7 Å². The highest BCUT2D eigenvalue weighted by molar-refractivity contribution is 6.06. The van der Waals surface area contributed by atoms with Gasteiger partial charge in [0, 0.05) is 41.7 Å². The molecule has 0 bridgehead atoms. The van der Waals surface area contributed by atoms with Crippen LogP contribution in [-0.4, -0.2) is 41.8 Å². The van der Waals surface area contributed by atoms with Crippen molar-refractivity contribution in [2.45, 2.75) is 19.9 Å². The molecule has 4 rings (SSSR count). The van der Waals surface area contributed by atoms with Gasteiger partial charge in [-0.05, 0) is 20.0 Å². The Morgan fingerprint density at radius 3 is 2.64 bits per heavy atom. The summed E-state index contributed by atoms with van der Waals surface area (Å²) in [5.41, 5.74) is 4.77. The molecule has 0 spiro atoms. The molecule has 0 aliphatic carbocycles. The molecule has 0 N–H and O–H groups in total. The van der Waals surface area contributed by atoms with Gasteiger partial charge in [-0.25, -0.2) is 4.79 Å². The van der Waals surface area contributed by atoms with E-state index < -0.39 is 5.97 Å². The number of aryl methyl sites for hydroxylation is 1. The molecular formula is C23H22N2O3. The molecule has 2 heterocycles. The Labute approximate surface area is 163 Å². The maximum atomic E-state index is 13.0. The van der Waals surface area contributed by atoms with Crippen LogP contribution in [0.15, 0.2) is 48.5 Å². The van der Waals surface area contributed by atoms with Crippen LogP contribution in [0.25, 0.3) is 10.9 Å². The van der Waals surface area contributed by atoms with Gasteiger partial charge in [-0.3, -0.25) is 9.78 Å². The zero-order valence-electron chi connectivity index (χ0n) is 16.1. The maximum absolute atomic E-state index is 13.0. The van der Waals surface area contributed by atoms with E-state index in [1.807, 2.05) is 50.4 Å². The molecule has 0 amide bonds. The molecule has 1 aromatic heterocycles. The summed E-state index contributed by atoms with van der Waals surface area (Å²) in [6.45, 7) is 3.23. The van der Waals surface area contributed by atoms with Gasteiger partial charge < -0.3 is 9.64 Å². The van der Waals surface area contributed by atoms with Crippen LogP contribution in [0.4, 0.5) is 0 Å². The van der Waals surface area contributed by atoms with Crippen LogP contribution >= 0.6 is 0 Å². The molecule has 0 saturated heterocycles. The van der Waals surface area contributed by atoms with Gasteiger partial charge in [0.15, 0.2) is 12.4 Å². The minimum Gasteiger partial charge on any atom is -0.454 e. The minimum atomic E-state index is -0.467. The summed E-state index contributed by atoms with van der Waals surface area (Å²) in [6.07, 6.45) is 0.791. The van der Waals surface area contributed by atoms with E-state index in [1.165, 1.54) is 0 Å². The Morgan fingerprint density at radius 1 is 1.11 bits per heavy atom. The number of hydrogen-bond acceptors (Lipinski definition) is 5. The normalized spacial score (nSPS) is 13.9. The molecule has 0 radical (unpaired) electrons. The van der Waals surface area contributed by atoms with Gasteiger partial charge in [0.2, 0.25) is 0 Å². The summed E-state index contributed by atoms with van der Waals surface area (Å²) >= 11 is 0. The summed E-state index contributed by atoms with van der Waals surface area (Å²) in [4.78, 5) is 32.3. The second-order valence-electron chi connectivity index (χ2n) is 7.28. The number of carbonyl (C=O) groups is 2. The first-order chi connectivity index (χ1) is 13.5. The lowest BCUT2D eigenvalue weighted by Crippen LogP contribution is -2.29. The van der Waals surface area contributed by atoms with Crippen molar-refractivity contribution in [3.8, 4) is 0 Å². The Bertz CT molecular complexity index is 1060. The number of benzene rings is 2. The summed E-state index contributed by atoms with van der Waals surface area (Å²) in [6, 6.07) is 14.8. The van der Waals surface area contributed by atoms with E-state index in [0.717, 1.165) is 40.7 Å². The summed E-state index contributed by atoms with van der Waals surface area (Å²) in [5, 5.41) is 0.768. The predicted octanol–water partition coefficient (Wildman–Crippen LogP) is 3.57. The highest BCUT2D eigenvalue weighted by Gasteiger charge is 2.25. The fraction of sp³-hybridized carbons (Fsp3) is 0.261. The number of rotatable bonds is 4. The Morgan fingerprint density at radius 2 is 1.86 bits per heavy atom. The van der Waals surface area contributed by atoms with Crippen molar-refractivity contribution in [2.75, 3.05) is 20.2 Å². The number of carbonyl (C=O) groups excluding carboxylic acids is 2. The van der Waals surface area contributed by atoms with E-state index in [2.05, 4.69) is 4.90 Å². The van der Waals surface area contributed by atoms with Crippen LogP contribution in [0.2, 0.25) is 0 Å². The highest BCUT2D eigenvalue weighted by Crippen LogP contribution is 2.28. The predicted molar refractivity (Wildman–Crippen MR) is 108 cm³/mol. The molecule has 3 aromatic rings. The molecule has 0 atom stereocenters. The van der Waals surface area contributed by atoms with Gasteiger partial charge in [0.25, 0.3) is 0 Å². The Kier molecular flexibility index (Phi) is 4.92. The largest absolute Gasteiger partial charge is 0.454 e. The number of ether oxygens (including phenoxy) is 1. The molecule has 2 aromatic carbocycles. The number of nitrogens with zero attached hydrogens (tertiary/aromatic N) is 2. The highest BCUT2D eigenvalue weighted by atomic mass is 16.5. The van der Waals surface area contributed by atoms with Crippen LogP contribution < -0.4 is 0 Å². The fourth-order valence-electron chi connectivity index (χ4n) is 3.58. The number of aromatic nitrogens is 1. The zero-order valence-corrected chi connectivity index (χ0v) is 16.1. The summed E-state index contributed by atoms with van der Waals surface area (Å²) < 4.78 is 5.45. The lowest BCUT2D eigenvalue weighted by molar-refractivity contribution is 0.0474. The van der Waals surface area contributed by atoms with Crippen molar-refractivity contribution in [3.05, 3.63) is 76.5 Å². The molecule has 1 aliphatic rings. The maximum Gasteiger partial charge on any atom is 0.339 e. The summed E-state index contributed by atoms with van der Waals surface area (Å²) in [7, 11) is 2.02. The molecule has 5 heteroatoms. The van der Waals surface area contributed by atoms with Crippen molar-refractivity contribution in [1.29, 1.82) is 0 Å². The van der Waals surface area contributed by atoms with Gasteiger partial charge in [-0.2, -0.15) is 0 Å². The number of ketones is 1. The van der Waals surface area contributed by atoms with E-state index in [4.69, 9.17) is 9.72 Å². The van der Waals surface area contributed by atoms with Crippen molar-refractivity contribution < 1.29 is 14.3 Å². The lowest BCUT2D eigenvalue weighted by atomic mass is 9.96. The summed E-state index contributed by atoms with van der Waals surface area (Å²) in [5.74, 6) is -0.677. The van der Waals surface area contributed by atoms with Gasteiger partial charge in [-0.1, -0.05) is 48.0 Å². The first-order valence-corrected chi connectivity index (χ1v) is 9.39. The third-order valence-electron chi connectivity index (χ3n) is 5.15.